The largest absolute Gasteiger partial charge is 0.490 e. The van der Waals surface area contributed by atoms with Gasteiger partial charge in [0.15, 0.2) is 11.6 Å². The zero-order valence-electron chi connectivity index (χ0n) is 23.7. The first-order valence-electron chi connectivity index (χ1n) is 13.0. The lowest BCUT2D eigenvalue weighted by molar-refractivity contribution is -0.192. The lowest BCUT2D eigenvalue weighted by Gasteiger charge is -2.10. The Morgan fingerprint density at radius 1 is 1.07 bits per heavy atom. The van der Waals surface area contributed by atoms with Gasteiger partial charge in [-0.15, -0.1) is 0 Å². The quantitative estimate of drug-likeness (QED) is 0.124. The first kappa shape index (κ1) is 33.3. The van der Waals surface area contributed by atoms with Gasteiger partial charge in [0.05, 0.1) is 16.8 Å². The van der Waals surface area contributed by atoms with E-state index >= 15 is 0 Å². The van der Waals surface area contributed by atoms with Gasteiger partial charge in [-0.3, -0.25) is 4.79 Å². The molecule has 0 aliphatic carbocycles. The molecule has 0 bridgehead atoms. The maximum atomic E-state index is 14.9. The number of nitrogens with two attached hydrogens (primary N) is 1. The molecule has 46 heavy (non-hydrogen) atoms. The van der Waals surface area contributed by atoms with Gasteiger partial charge in [-0.25, -0.2) is 23.7 Å². The van der Waals surface area contributed by atoms with E-state index < -0.39 is 36.6 Å². The molecule has 0 saturated carbocycles. The summed E-state index contributed by atoms with van der Waals surface area (Å²) in [5, 5.41) is 19.1. The average Bonchev–Trinajstić information content (AvgIpc) is 3.56. The van der Waals surface area contributed by atoms with Crippen LogP contribution in [0, 0.1) is 5.82 Å². The smallest absolute Gasteiger partial charge is 0.475 e. The summed E-state index contributed by atoms with van der Waals surface area (Å²) in [6, 6.07) is 10.0. The molecule has 0 unspecified atom stereocenters. The van der Waals surface area contributed by atoms with Gasteiger partial charge in [0.2, 0.25) is 5.95 Å². The summed E-state index contributed by atoms with van der Waals surface area (Å²) in [4.78, 5) is 32.8. The molecule has 5 rings (SSSR count). The molecule has 19 heteroatoms. The first-order chi connectivity index (χ1) is 21.4. The third-order valence-corrected chi connectivity index (χ3v) is 6.01. The Balaban J connectivity index is 0.000000617. The molecule has 0 spiro atoms. The number of hydrogen-bond donors (Lipinski definition) is 6. The number of aromatic nitrogens is 5. The highest BCUT2D eigenvalue weighted by Gasteiger charge is 2.38. The Labute approximate surface area is 253 Å². The number of rotatable bonds is 7. The molecule has 0 atom stereocenters. The van der Waals surface area contributed by atoms with Crippen LogP contribution in [0.25, 0.3) is 27.7 Å². The Morgan fingerprint density at radius 3 is 2.30 bits per heavy atom. The molecule has 12 nitrogen and oxygen atoms in total. The number of nitrogens with one attached hydrogen (secondary N) is 4. The molecule has 2 aromatic carbocycles. The van der Waals surface area contributed by atoms with Crippen molar-refractivity contribution in [2.75, 3.05) is 22.9 Å². The number of carboxylic acid groups (broad SMARTS) is 1. The van der Waals surface area contributed by atoms with Crippen LogP contribution in [0.4, 0.5) is 53.9 Å². The molecule has 3 heterocycles. The number of benzene rings is 2. The lowest BCUT2D eigenvalue weighted by Crippen LogP contribution is -2.33. The number of nitrogen functional groups attached to an aromatic ring is 1. The van der Waals surface area contributed by atoms with Crippen molar-refractivity contribution in [2.45, 2.75) is 32.2 Å². The highest BCUT2D eigenvalue weighted by Crippen LogP contribution is 2.34. The van der Waals surface area contributed by atoms with E-state index in [1.807, 2.05) is 19.2 Å². The number of carboxylic acids is 1. The summed E-state index contributed by atoms with van der Waals surface area (Å²) >= 11 is 0. The number of aromatic amines is 1. The third-order valence-electron chi connectivity index (χ3n) is 6.01. The standard InChI is InChI=1S/C25H23F4N9O.C2HF3O2/c1-12(2)34-16-7-8-17-20(19(16)26)37-24(36-17)35-14-5-3-13(4-6-14)18-15(23(39)31-10-25(27,28)29)9-38-21(18)22(30)32-11-33-38;3-2(4,5)1(6)7/h3-9,11-12,34H,10H2,1-2H3,(H,31,39)(H2,30,32,33)(H2,35,36,37);(H,6,7). The molecule has 244 valence electrons. The van der Waals surface area contributed by atoms with Gasteiger partial charge in [-0.2, -0.15) is 31.4 Å². The molecule has 5 aromatic rings. The molecular weight excluding hydrogens is 631 g/mol. The normalized spacial score (nSPS) is 11.8. The topological polar surface area (TPSA) is 175 Å². The van der Waals surface area contributed by atoms with Gasteiger partial charge >= 0.3 is 18.3 Å². The Hall–Kier alpha value is -5.62. The summed E-state index contributed by atoms with van der Waals surface area (Å²) in [6.07, 6.45) is -7.19. The van der Waals surface area contributed by atoms with Crippen molar-refractivity contribution in [2.24, 2.45) is 0 Å². The minimum absolute atomic E-state index is 0.0482. The van der Waals surface area contributed by atoms with Crippen LogP contribution in [0.3, 0.4) is 0 Å². The monoisotopic (exact) mass is 655 g/mol. The Kier molecular flexibility index (Phi) is 9.24. The van der Waals surface area contributed by atoms with Crippen LogP contribution >= 0.6 is 0 Å². The number of alkyl halides is 6. The maximum Gasteiger partial charge on any atom is 0.490 e. The predicted octanol–water partition coefficient (Wildman–Crippen LogP) is 5.48. The highest BCUT2D eigenvalue weighted by molar-refractivity contribution is 6.07. The Bertz CT molecular complexity index is 1880. The number of carbonyl (C=O) groups excluding carboxylic acids is 1. The van der Waals surface area contributed by atoms with Crippen molar-refractivity contribution in [1.82, 2.24) is 29.9 Å². The second-order valence-corrected chi connectivity index (χ2v) is 9.87. The van der Waals surface area contributed by atoms with E-state index in [2.05, 4.69) is 30.7 Å². The number of anilines is 4. The molecule has 0 aliphatic heterocycles. The van der Waals surface area contributed by atoms with E-state index in [1.54, 1.807) is 36.4 Å². The fraction of sp³-hybridized carbons (Fsp3) is 0.222. The van der Waals surface area contributed by atoms with Crippen molar-refractivity contribution in [3.8, 4) is 11.1 Å². The van der Waals surface area contributed by atoms with E-state index in [4.69, 9.17) is 15.6 Å². The maximum absolute atomic E-state index is 14.9. The van der Waals surface area contributed by atoms with Gasteiger partial charge in [0.1, 0.15) is 23.9 Å². The average molecular weight is 656 g/mol. The minimum Gasteiger partial charge on any atom is -0.475 e. The predicted molar refractivity (Wildman–Crippen MR) is 153 cm³/mol. The van der Waals surface area contributed by atoms with Crippen LogP contribution < -0.4 is 21.7 Å². The van der Waals surface area contributed by atoms with E-state index in [0.717, 1.165) is 0 Å². The molecule has 3 aromatic heterocycles. The van der Waals surface area contributed by atoms with Crippen LogP contribution in [0.5, 0.6) is 0 Å². The number of imidazole rings is 1. The number of H-pyrrole nitrogens is 1. The molecule has 0 radical (unpaired) electrons. The summed E-state index contributed by atoms with van der Waals surface area (Å²) in [5.41, 5.74) is 8.62. The number of fused-ring (bicyclic) bond motifs is 2. The molecule has 1 amide bonds. The molecule has 0 saturated heterocycles. The Morgan fingerprint density at radius 2 is 1.72 bits per heavy atom. The number of hydrogen-bond acceptors (Lipinski definition) is 8. The summed E-state index contributed by atoms with van der Waals surface area (Å²) in [5.74, 6) is -3.79. The van der Waals surface area contributed by atoms with Crippen molar-refractivity contribution in [1.29, 1.82) is 0 Å². The number of amides is 1. The van der Waals surface area contributed by atoms with Crippen molar-refractivity contribution in [3.63, 3.8) is 0 Å². The van der Waals surface area contributed by atoms with E-state index in [0.29, 0.717) is 28.4 Å². The second-order valence-electron chi connectivity index (χ2n) is 9.87. The molecule has 0 aliphatic rings. The summed E-state index contributed by atoms with van der Waals surface area (Å²) < 4.78 is 86.0. The number of carbonyl (C=O) groups is 2. The van der Waals surface area contributed by atoms with Gasteiger partial charge in [-0.05, 0) is 43.7 Å². The number of aliphatic carboxylic acids is 1. The van der Waals surface area contributed by atoms with Gasteiger partial charge in [0, 0.05) is 23.5 Å². The van der Waals surface area contributed by atoms with Gasteiger partial charge < -0.3 is 31.8 Å². The van der Waals surface area contributed by atoms with Gasteiger partial charge in [0.25, 0.3) is 5.91 Å². The fourth-order valence-electron chi connectivity index (χ4n) is 4.16. The SMILES string of the molecule is CC(C)Nc1ccc2nc(Nc3ccc(-c4c(C(=O)NCC(F)(F)F)cn5ncnc(N)c45)cc3)[nH]c2c1F.O=C(O)C(F)(F)F. The summed E-state index contributed by atoms with van der Waals surface area (Å²) in [6.45, 7) is 2.32. The van der Waals surface area contributed by atoms with Crippen LogP contribution in [0.1, 0.15) is 24.2 Å². The van der Waals surface area contributed by atoms with Crippen LogP contribution in [-0.2, 0) is 4.79 Å². The number of halogens is 7. The van der Waals surface area contributed by atoms with E-state index in [9.17, 15) is 35.5 Å². The van der Waals surface area contributed by atoms with Crippen LogP contribution in [0.15, 0.2) is 48.9 Å². The van der Waals surface area contributed by atoms with E-state index in [1.165, 1.54) is 17.0 Å². The van der Waals surface area contributed by atoms with Crippen molar-refractivity contribution >= 4 is 51.6 Å². The van der Waals surface area contributed by atoms with Crippen LogP contribution in [0.2, 0.25) is 0 Å². The zero-order chi connectivity index (χ0) is 34.0. The second kappa shape index (κ2) is 12.8. The molecule has 0 fully saturated rings. The summed E-state index contributed by atoms with van der Waals surface area (Å²) in [7, 11) is 0. The first-order valence-corrected chi connectivity index (χ1v) is 13.0. The third kappa shape index (κ3) is 7.71. The highest BCUT2D eigenvalue weighted by atomic mass is 19.4. The minimum atomic E-state index is -5.08. The van der Waals surface area contributed by atoms with E-state index in [-0.39, 0.29) is 34.0 Å². The number of nitrogens with zero attached hydrogens (tertiary/aromatic N) is 4. The van der Waals surface area contributed by atoms with Crippen molar-refractivity contribution < 1.29 is 45.4 Å². The molecule has 7 N–H and O–H groups in total. The fourth-order valence-corrected chi connectivity index (χ4v) is 4.16. The van der Waals surface area contributed by atoms with Gasteiger partial charge in [-0.1, -0.05) is 12.1 Å². The lowest BCUT2D eigenvalue weighted by atomic mass is 10.0. The van der Waals surface area contributed by atoms with Crippen molar-refractivity contribution in [3.05, 3.63) is 60.3 Å². The van der Waals surface area contributed by atoms with Crippen LogP contribution in [-0.4, -0.2) is 66.5 Å². The zero-order valence-corrected chi connectivity index (χ0v) is 23.7. The molecular formula is C27H24F7N9O3.